The topological polar surface area (TPSA) is 94.2 Å². The zero-order valence-electron chi connectivity index (χ0n) is 17.3. The molecular formula is C21H23F3N6O2. The van der Waals surface area contributed by atoms with Crippen LogP contribution in [-0.4, -0.2) is 56.6 Å². The first kappa shape index (κ1) is 20.8. The van der Waals surface area contributed by atoms with Gasteiger partial charge in [0.1, 0.15) is 5.69 Å². The number of halogens is 3. The van der Waals surface area contributed by atoms with Crippen molar-refractivity contribution in [2.24, 2.45) is 11.3 Å². The lowest BCUT2D eigenvalue weighted by molar-refractivity contribution is -0.141. The van der Waals surface area contributed by atoms with Gasteiger partial charge in [0, 0.05) is 51.2 Å². The maximum atomic E-state index is 12.7. The number of aromatic nitrogens is 3. The highest BCUT2D eigenvalue weighted by Gasteiger charge is 2.55. The number of H-pyrrole nitrogens is 1. The first-order chi connectivity index (χ1) is 15.2. The molecule has 1 aliphatic carbocycles. The molecule has 170 valence electrons. The van der Waals surface area contributed by atoms with Gasteiger partial charge in [0.15, 0.2) is 5.69 Å². The van der Waals surface area contributed by atoms with E-state index in [1.165, 1.54) is 0 Å². The Kier molecular flexibility index (Phi) is 4.86. The van der Waals surface area contributed by atoms with Crippen molar-refractivity contribution in [1.29, 1.82) is 0 Å². The molecule has 8 nitrogen and oxygen atoms in total. The van der Waals surface area contributed by atoms with Crippen LogP contribution in [0.4, 0.5) is 18.0 Å². The number of urea groups is 1. The summed E-state index contributed by atoms with van der Waals surface area (Å²) in [6.45, 7) is 2.69. The van der Waals surface area contributed by atoms with Crippen LogP contribution in [0.15, 0.2) is 24.5 Å². The van der Waals surface area contributed by atoms with E-state index in [4.69, 9.17) is 0 Å². The van der Waals surface area contributed by atoms with Gasteiger partial charge in [-0.15, -0.1) is 0 Å². The van der Waals surface area contributed by atoms with E-state index in [9.17, 15) is 22.8 Å². The van der Waals surface area contributed by atoms with E-state index in [1.54, 1.807) is 22.2 Å². The monoisotopic (exact) mass is 448 g/mol. The van der Waals surface area contributed by atoms with Gasteiger partial charge in [0.25, 0.3) is 5.91 Å². The smallest absolute Gasteiger partial charge is 0.338 e. The standard InChI is InChI=1S/C21H23F3N6O2/c22-21(23,24)17-7-16(27-28-17)18(31)29-5-2-20(3-6-29)8-15(20)10-26-19(32)30-11-13-1-4-25-9-14(13)12-30/h1,4,7,9,15H,2-3,5-6,8,10-12H2,(H,26,32)(H,27,28). The third kappa shape index (κ3) is 3.80. The molecule has 1 atom stereocenters. The summed E-state index contributed by atoms with van der Waals surface area (Å²) < 4.78 is 38.2. The number of piperidine rings is 1. The summed E-state index contributed by atoms with van der Waals surface area (Å²) in [6, 6.07) is 2.60. The number of carbonyl (C=O) groups is 2. The fraction of sp³-hybridized carbons (Fsp3) is 0.524. The third-order valence-corrected chi connectivity index (χ3v) is 7.02. The molecule has 0 bridgehead atoms. The molecule has 3 amide bonds. The van der Waals surface area contributed by atoms with E-state index in [0.717, 1.165) is 36.5 Å². The molecule has 4 heterocycles. The normalized spacial score (nSPS) is 21.5. The number of alkyl halides is 3. The molecule has 2 fully saturated rings. The van der Waals surface area contributed by atoms with E-state index >= 15 is 0 Å². The minimum Gasteiger partial charge on any atom is -0.338 e. The molecule has 3 aliphatic rings. The zero-order chi connectivity index (χ0) is 22.5. The molecule has 32 heavy (non-hydrogen) atoms. The van der Waals surface area contributed by atoms with Crippen LogP contribution in [0.3, 0.4) is 0 Å². The zero-order valence-corrected chi connectivity index (χ0v) is 17.3. The summed E-state index contributed by atoms with van der Waals surface area (Å²) in [7, 11) is 0. The predicted octanol–water partition coefficient (Wildman–Crippen LogP) is 2.79. The Labute approximate surface area is 182 Å². The minimum absolute atomic E-state index is 0.0881. The van der Waals surface area contributed by atoms with Crippen molar-refractivity contribution in [1.82, 2.24) is 30.3 Å². The molecule has 0 aromatic carbocycles. The largest absolute Gasteiger partial charge is 0.432 e. The molecule has 11 heteroatoms. The third-order valence-electron chi connectivity index (χ3n) is 7.02. The van der Waals surface area contributed by atoms with Crippen molar-refractivity contribution >= 4 is 11.9 Å². The number of pyridine rings is 1. The van der Waals surface area contributed by atoms with E-state index in [1.807, 2.05) is 11.2 Å². The van der Waals surface area contributed by atoms with Gasteiger partial charge in [0.2, 0.25) is 0 Å². The van der Waals surface area contributed by atoms with Crippen LogP contribution >= 0.6 is 0 Å². The molecule has 0 radical (unpaired) electrons. The summed E-state index contributed by atoms with van der Waals surface area (Å²) in [6.07, 6.45) is 1.50. The average molecular weight is 448 g/mol. The SMILES string of the molecule is O=C(NCC1CC12CCN(C(=O)c1cc(C(F)(F)F)[nH]n1)CC2)N1Cc2ccncc2C1. The summed E-state index contributed by atoms with van der Waals surface area (Å²) in [5.41, 5.74) is 1.06. The number of rotatable bonds is 3. The minimum atomic E-state index is -4.56. The van der Waals surface area contributed by atoms with E-state index in [-0.39, 0.29) is 17.1 Å². The Bertz CT molecular complexity index is 1020. The van der Waals surface area contributed by atoms with Gasteiger partial charge in [-0.1, -0.05) is 0 Å². The molecular weight excluding hydrogens is 425 g/mol. The summed E-state index contributed by atoms with van der Waals surface area (Å²) >= 11 is 0. The van der Waals surface area contributed by atoms with Crippen LogP contribution in [0, 0.1) is 11.3 Å². The highest BCUT2D eigenvalue weighted by Crippen LogP contribution is 2.59. The van der Waals surface area contributed by atoms with Crippen LogP contribution in [0.1, 0.15) is 46.6 Å². The first-order valence-corrected chi connectivity index (χ1v) is 10.6. The quantitative estimate of drug-likeness (QED) is 0.755. The van der Waals surface area contributed by atoms with Crippen molar-refractivity contribution in [2.45, 2.75) is 38.5 Å². The number of aromatic amines is 1. The van der Waals surface area contributed by atoms with E-state index in [0.29, 0.717) is 38.6 Å². The first-order valence-electron chi connectivity index (χ1n) is 10.6. The number of likely N-dealkylation sites (tertiary alicyclic amines) is 1. The maximum absolute atomic E-state index is 12.7. The fourth-order valence-electron chi connectivity index (χ4n) is 4.91. The van der Waals surface area contributed by atoms with Crippen LogP contribution in [0.25, 0.3) is 0 Å². The lowest BCUT2D eigenvalue weighted by Gasteiger charge is -2.32. The number of nitrogens with one attached hydrogen (secondary N) is 2. The second kappa shape index (κ2) is 7.49. The van der Waals surface area contributed by atoms with Crippen molar-refractivity contribution in [2.75, 3.05) is 19.6 Å². The molecule has 2 aromatic rings. The van der Waals surface area contributed by atoms with Gasteiger partial charge in [-0.2, -0.15) is 18.3 Å². The van der Waals surface area contributed by atoms with Gasteiger partial charge >= 0.3 is 12.2 Å². The Hall–Kier alpha value is -3.11. The summed E-state index contributed by atoms with van der Waals surface area (Å²) in [5.74, 6) is -0.127. The maximum Gasteiger partial charge on any atom is 0.432 e. The van der Waals surface area contributed by atoms with E-state index < -0.39 is 17.8 Å². The van der Waals surface area contributed by atoms with Crippen LogP contribution in [-0.2, 0) is 19.3 Å². The van der Waals surface area contributed by atoms with Gasteiger partial charge < -0.3 is 15.1 Å². The van der Waals surface area contributed by atoms with Crippen molar-refractivity contribution < 1.29 is 22.8 Å². The summed E-state index contributed by atoms with van der Waals surface area (Å²) in [4.78, 5) is 32.5. The fourth-order valence-corrected chi connectivity index (χ4v) is 4.91. The molecule has 1 spiro atoms. The Balaban J connectivity index is 1.09. The molecule has 5 rings (SSSR count). The molecule has 2 aliphatic heterocycles. The highest BCUT2D eigenvalue weighted by atomic mass is 19.4. The van der Waals surface area contributed by atoms with Crippen LogP contribution in [0.2, 0.25) is 0 Å². The van der Waals surface area contributed by atoms with Crippen LogP contribution < -0.4 is 5.32 Å². The number of hydrogen-bond donors (Lipinski definition) is 2. The Morgan fingerprint density at radius 3 is 2.62 bits per heavy atom. The second-order valence-corrected chi connectivity index (χ2v) is 8.91. The molecule has 1 saturated heterocycles. The number of nitrogens with zero attached hydrogens (tertiary/aromatic N) is 4. The molecule has 2 N–H and O–H groups in total. The highest BCUT2D eigenvalue weighted by molar-refractivity contribution is 5.92. The number of amides is 3. The number of hydrogen-bond acceptors (Lipinski definition) is 4. The van der Waals surface area contributed by atoms with E-state index in [2.05, 4.69) is 15.4 Å². The summed E-state index contributed by atoms with van der Waals surface area (Å²) in [5, 5.41) is 8.46. The van der Waals surface area contributed by atoms with Crippen molar-refractivity contribution in [3.8, 4) is 0 Å². The second-order valence-electron chi connectivity index (χ2n) is 8.91. The molecule has 2 aromatic heterocycles. The van der Waals surface area contributed by atoms with Crippen molar-refractivity contribution in [3.63, 3.8) is 0 Å². The lowest BCUT2D eigenvalue weighted by atomic mass is 9.90. The number of fused-ring (bicyclic) bond motifs is 1. The number of carbonyl (C=O) groups excluding carboxylic acids is 2. The molecule has 1 saturated carbocycles. The van der Waals surface area contributed by atoms with Crippen molar-refractivity contribution in [3.05, 3.63) is 47.0 Å². The van der Waals surface area contributed by atoms with Gasteiger partial charge in [-0.3, -0.25) is 14.9 Å². The average Bonchev–Trinajstić information content (AvgIpc) is 3.16. The van der Waals surface area contributed by atoms with Gasteiger partial charge in [-0.25, -0.2) is 4.79 Å². The Morgan fingerprint density at radius 2 is 1.94 bits per heavy atom. The molecule has 1 unspecified atom stereocenters. The Morgan fingerprint density at radius 1 is 1.19 bits per heavy atom. The van der Waals surface area contributed by atoms with Crippen LogP contribution in [0.5, 0.6) is 0 Å². The van der Waals surface area contributed by atoms with Gasteiger partial charge in [-0.05, 0) is 47.8 Å². The lowest BCUT2D eigenvalue weighted by Crippen LogP contribution is -2.41. The van der Waals surface area contributed by atoms with Gasteiger partial charge in [0.05, 0.1) is 0 Å². The predicted molar refractivity (Wildman–Crippen MR) is 106 cm³/mol.